The number of carbonyl (C=O) groups excluding carboxylic acids is 2. The number of fused-ring (bicyclic) bond motifs is 1. The summed E-state index contributed by atoms with van der Waals surface area (Å²) in [5.74, 6) is -2.36. The molecule has 7 nitrogen and oxygen atoms in total. The zero-order chi connectivity index (χ0) is 23.5. The number of pyridine rings is 2. The third kappa shape index (κ3) is 4.77. The molecular formula is C24H18F2N4O3. The lowest BCUT2D eigenvalue weighted by Crippen LogP contribution is -2.27. The van der Waals surface area contributed by atoms with Gasteiger partial charge in [0.15, 0.2) is 0 Å². The van der Waals surface area contributed by atoms with Crippen molar-refractivity contribution in [3.63, 3.8) is 0 Å². The predicted molar refractivity (Wildman–Crippen MR) is 120 cm³/mol. The molecule has 33 heavy (non-hydrogen) atoms. The summed E-state index contributed by atoms with van der Waals surface area (Å²) in [4.78, 5) is 42.7. The molecule has 0 atom stereocenters. The lowest BCUT2D eigenvalue weighted by Gasteiger charge is -2.14. The molecule has 2 aromatic carbocycles. The molecule has 4 rings (SSSR count). The van der Waals surface area contributed by atoms with Crippen LogP contribution in [-0.4, -0.2) is 21.4 Å². The summed E-state index contributed by atoms with van der Waals surface area (Å²) >= 11 is 0. The number of anilines is 2. The minimum absolute atomic E-state index is 0.00580. The largest absolute Gasteiger partial charge is 0.322 e. The van der Waals surface area contributed by atoms with Gasteiger partial charge < -0.3 is 15.2 Å². The number of nitrogens with one attached hydrogen (secondary N) is 2. The van der Waals surface area contributed by atoms with Gasteiger partial charge in [-0.15, -0.1) is 0 Å². The number of nitrogens with zero attached hydrogens (tertiary/aromatic N) is 2. The van der Waals surface area contributed by atoms with Crippen LogP contribution in [0.1, 0.15) is 16.1 Å². The van der Waals surface area contributed by atoms with Gasteiger partial charge in [0.1, 0.15) is 29.4 Å². The zero-order valence-corrected chi connectivity index (χ0v) is 17.4. The van der Waals surface area contributed by atoms with Crippen LogP contribution in [0.15, 0.2) is 71.7 Å². The Balaban J connectivity index is 1.71. The minimum Gasteiger partial charge on any atom is -0.322 e. The van der Waals surface area contributed by atoms with Gasteiger partial charge in [0, 0.05) is 17.6 Å². The Bertz CT molecular complexity index is 1430. The normalized spacial score (nSPS) is 10.8. The lowest BCUT2D eigenvalue weighted by atomic mass is 10.1. The summed E-state index contributed by atoms with van der Waals surface area (Å²) in [5, 5.41) is 5.15. The molecule has 0 aliphatic heterocycles. The van der Waals surface area contributed by atoms with Crippen LogP contribution in [0.4, 0.5) is 20.2 Å². The molecule has 0 bridgehead atoms. The number of rotatable bonds is 5. The van der Waals surface area contributed by atoms with E-state index in [9.17, 15) is 23.2 Å². The molecule has 0 spiro atoms. The van der Waals surface area contributed by atoms with Crippen LogP contribution in [0.25, 0.3) is 11.0 Å². The van der Waals surface area contributed by atoms with Gasteiger partial charge in [0.2, 0.25) is 11.3 Å². The minimum atomic E-state index is -0.725. The molecular weight excluding hydrogens is 430 g/mol. The van der Waals surface area contributed by atoms with Crippen molar-refractivity contribution < 1.29 is 18.4 Å². The predicted octanol–water partition coefficient (Wildman–Crippen LogP) is 3.87. The van der Waals surface area contributed by atoms with Gasteiger partial charge in [0.05, 0.1) is 11.1 Å². The first kappa shape index (κ1) is 21.8. The van der Waals surface area contributed by atoms with Crippen molar-refractivity contribution in [2.24, 2.45) is 0 Å². The molecule has 0 radical (unpaired) electrons. The summed E-state index contributed by atoms with van der Waals surface area (Å²) in [6.07, 6.45) is 1.23. The Kier molecular flexibility index (Phi) is 5.95. The third-order valence-corrected chi connectivity index (χ3v) is 4.87. The Morgan fingerprint density at radius 2 is 1.70 bits per heavy atom. The summed E-state index contributed by atoms with van der Waals surface area (Å²) in [6.45, 7) is 1.40. The van der Waals surface area contributed by atoms with Crippen LogP contribution in [0, 0.1) is 18.6 Å². The van der Waals surface area contributed by atoms with Crippen molar-refractivity contribution in [2.75, 3.05) is 10.6 Å². The first-order valence-electron chi connectivity index (χ1n) is 9.94. The van der Waals surface area contributed by atoms with Crippen LogP contribution < -0.4 is 16.1 Å². The van der Waals surface area contributed by atoms with E-state index in [4.69, 9.17) is 0 Å². The monoisotopic (exact) mass is 448 g/mol. The van der Waals surface area contributed by atoms with Gasteiger partial charge in [-0.2, -0.15) is 0 Å². The van der Waals surface area contributed by atoms with Gasteiger partial charge in [-0.3, -0.25) is 14.4 Å². The summed E-state index contributed by atoms with van der Waals surface area (Å²) in [5.41, 5.74) is 0.327. The molecule has 9 heteroatoms. The Labute approximate surface area is 186 Å². The van der Waals surface area contributed by atoms with Gasteiger partial charge in [-0.05, 0) is 55.5 Å². The Hall–Kier alpha value is -4.40. The van der Waals surface area contributed by atoms with Gasteiger partial charge in [-0.25, -0.2) is 13.8 Å². The highest BCUT2D eigenvalue weighted by Crippen LogP contribution is 2.16. The zero-order valence-electron chi connectivity index (χ0n) is 17.4. The van der Waals surface area contributed by atoms with Gasteiger partial charge >= 0.3 is 0 Å². The van der Waals surface area contributed by atoms with Crippen molar-refractivity contribution in [2.45, 2.75) is 13.5 Å². The molecule has 2 N–H and O–H groups in total. The standard InChI is InChI=1S/C24H18F2N4O3/c1-14-6-11-17-22(32)18(24(33)28-16-9-7-15(25)8-10-16)12-30(23(17)27-14)13-21(31)29-20-5-3-2-4-19(20)26/h2-12H,13H2,1H3,(H,28,33)(H,29,31). The van der Waals surface area contributed by atoms with E-state index in [0.29, 0.717) is 11.4 Å². The Morgan fingerprint density at radius 3 is 2.42 bits per heavy atom. The van der Waals surface area contributed by atoms with Gasteiger partial charge in [-0.1, -0.05) is 12.1 Å². The van der Waals surface area contributed by atoms with E-state index in [1.807, 2.05) is 0 Å². The SMILES string of the molecule is Cc1ccc2c(=O)c(C(=O)Nc3ccc(F)cc3)cn(CC(=O)Nc3ccccc3F)c2n1. The van der Waals surface area contributed by atoms with E-state index in [1.165, 1.54) is 59.3 Å². The Morgan fingerprint density at radius 1 is 0.970 bits per heavy atom. The topological polar surface area (TPSA) is 93.1 Å². The summed E-state index contributed by atoms with van der Waals surface area (Å²) in [6, 6.07) is 13.9. The number of aromatic nitrogens is 2. The second-order valence-corrected chi connectivity index (χ2v) is 7.31. The van der Waals surface area contributed by atoms with E-state index in [1.54, 1.807) is 19.1 Å². The molecule has 0 aliphatic carbocycles. The molecule has 0 saturated carbocycles. The summed E-state index contributed by atoms with van der Waals surface area (Å²) in [7, 11) is 0. The number of hydrogen-bond acceptors (Lipinski definition) is 4. The molecule has 2 amide bonds. The highest BCUT2D eigenvalue weighted by atomic mass is 19.1. The first-order chi connectivity index (χ1) is 15.8. The van der Waals surface area contributed by atoms with Crippen molar-refractivity contribution in [3.05, 3.63) is 100.0 Å². The fourth-order valence-corrected chi connectivity index (χ4v) is 3.28. The maximum Gasteiger partial charge on any atom is 0.261 e. The van der Waals surface area contributed by atoms with E-state index in [0.717, 1.165) is 0 Å². The number of benzene rings is 2. The van der Waals surface area contributed by atoms with E-state index < -0.39 is 28.9 Å². The smallest absolute Gasteiger partial charge is 0.261 e. The molecule has 2 heterocycles. The number of para-hydroxylation sites is 1. The van der Waals surface area contributed by atoms with Gasteiger partial charge in [0.25, 0.3) is 5.91 Å². The molecule has 0 saturated heterocycles. The van der Waals surface area contributed by atoms with E-state index in [-0.39, 0.29) is 28.8 Å². The number of aryl methyl sites for hydroxylation is 1. The second kappa shape index (κ2) is 8.99. The maximum absolute atomic E-state index is 13.9. The van der Waals surface area contributed by atoms with Crippen LogP contribution in [0.2, 0.25) is 0 Å². The molecule has 166 valence electrons. The second-order valence-electron chi connectivity index (χ2n) is 7.31. The molecule has 0 unspecified atom stereocenters. The van der Waals surface area contributed by atoms with E-state index in [2.05, 4.69) is 15.6 Å². The van der Waals surface area contributed by atoms with Crippen LogP contribution in [-0.2, 0) is 11.3 Å². The molecule has 0 fully saturated rings. The quantitative estimate of drug-likeness (QED) is 0.485. The van der Waals surface area contributed by atoms with Crippen molar-refractivity contribution >= 4 is 34.2 Å². The molecule has 2 aromatic heterocycles. The van der Waals surface area contributed by atoms with Crippen LogP contribution in [0.3, 0.4) is 0 Å². The van der Waals surface area contributed by atoms with Crippen LogP contribution in [0.5, 0.6) is 0 Å². The number of amides is 2. The van der Waals surface area contributed by atoms with Crippen molar-refractivity contribution in [1.29, 1.82) is 0 Å². The van der Waals surface area contributed by atoms with Crippen LogP contribution >= 0.6 is 0 Å². The fourth-order valence-electron chi connectivity index (χ4n) is 3.28. The number of carbonyl (C=O) groups is 2. The van der Waals surface area contributed by atoms with Crippen molar-refractivity contribution in [3.8, 4) is 0 Å². The maximum atomic E-state index is 13.9. The lowest BCUT2D eigenvalue weighted by molar-refractivity contribution is -0.116. The molecule has 0 aliphatic rings. The average Bonchev–Trinajstić information content (AvgIpc) is 2.78. The summed E-state index contributed by atoms with van der Waals surface area (Å²) < 4.78 is 28.4. The number of hydrogen-bond donors (Lipinski definition) is 2. The van der Waals surface area contributed by atoms with Crippen molar-refractivity contribution in [1.82, 2.24) is 9.55 Å². The average molecular weight is 448 g/mol. The molecule has 4 aromatic rings. The third-order valence-electron chi connectivity index (χ3n) is 4.87. The highest BCUT2D eigenvalue weighted by molar-refractivity contribution is 6.05. The highest BCUT2D eigenvalue weighted by Gasteiger charge is 2.18. The van der Waals surface area contributed by atoms with E-state index >= 15 is 0 Å². The number of halogens is 2. The fraction of sp³-hybridized carbons (Fsp3) is 0.0833. The first-order valence-corrected chi connectivity index (χ1v) is 9.94.